The molecular formula is C17H24FN3. The fraction of sp³-hybridized carbons (Fsp3) is 0.471. The van der Waals surface area contributed by atoms with Crippen LogP contribution in [0.4, 0.5) is 4.39 Å². The molecule has 21 heavy (non-hydrogen) atoms. The van der Waals surface area contributed by atoms with Gasteiger partial charge in [0.05, 0.1) is 5.69 Å². The summed E-state index contributed by atoms with van der Waals surface area (Å²) in [6, 6.07) is 5.23. The number of hydrogen-bond donors (Lipinski definition) is 1. The highest BCUT2D eigenvalue weighted by molar-refractivity contribution is 5.43. The molecule has 0 unspecified atom stereocenters. The van der Waals surface area contributed by atoms with Crippen LogP contribution >= 0.6 is 0 Å². The van der Waals surface area contributed by atoms with Gasteiger partial charge in [-0.05, 0) is 31.0 Å². The van der Waals surface area contributed by atoms with Crippen LogP contribution in [0.15, 0.2) is 30.6 Å². The molecule has 0 aliphatic carbocycles. The number of hydrogen-bond acceptors (Lipinski definition) is 2. The first-order chi connectivity index (χ1) is 10.1. The van der Waals surface area contributed by atoms with Gasteiger partial charge in [-0.3, -0.25) is 0 Å². The van der Waals surface area contributed by atoms with Gasteiger partial charge in [0.2, 0.25) is 0 Å². The van der Waals surface area contributed by atoms with E-state index in [9.17, 15) is 4.39 Å². The van der Waals surface area contributed by atoms with Crippen LogP contribution < -0.4 is 5.32 Å². The maximum atomic E-state index is 14.2. The number of rotatable bonds is 7. The van der Waals surface area contributed by atoms with E-state index >= 15 is 0 Å². The molecule has 0 radical (unpaired) electrons. The second-order valence-electron chi connectivity index (χ2n) is 5.73. The van der Waals surface area contributed by atoms with E-state index in [0.717, 1.165) is 30.9 Å². The van der Waals surface area contributed by atoms with Crippen molar-refractivity contribution in [3.63, 3.8) is 0 Å². The minimum atomic E-state index is -0.167. The quantitative estimate of drug-likeness (QED) is 0.842. The SMILES string of the molecule is CCCc1nccn1-c1cccc(F)c1CNCC(C)C. The van der Waals surface area contributed by atoms with Gasteiger partial charge in [-0.15, -0.1) is 0 Å². The lowest BCUT2D eigenvalue weighted by atomic mass is 10.1. The number of imidazole rings is 1. The van der Waals surface area contributed by atoms with E-state index in [1.807, 2.05) is 16.8 Å². The summed E-state index contributed by atoms with van der Waals surface area (Å²) in [7, 11) is 0. The second kappa shape index (κ2) is 7.36. The van der Waals surface area contributed by atoms with Gasteiger partial charge in [0, 0.05) is 30.9 Å². The highest BCUT2D eigenvalue weighted by Crippen LogP contribution is 2.20. The van der Waals surface area contributed by atoms with E-state index in [4.69, 9.17) is 0 Å². The van der Waals surface area contributed by atoms with Crippen molar-refractivity contribution in [2.45, 2.75) is 40.2 Å². The third-order valence-electron chi connectivity index (χ3n) is 3.40. The molecule has 1 N–H and O–H groups in total. The molecular weight excluding hydrogens is 265 g/mol. The third kappa shape index (κ3) is 3.91. The molecule has 1 aromatic heterocycles. The van der Waals surface area contributed by atoms with Crippen LogP contribution in [0.3, 0.4) is 0 Å². The molecule has 0 bridgehead atoms. The predicted octanol–water partition coefficient (Wildman–Crippen LogP) is 3.71. The molecule has 2 aromatic rings. The Morgan fingerprint density at radius 2 is 2.14 bits per heavy atom. The molecule has 0 saturated carbocycles. The number of aromatic nitrogens is 2. The lowest BCUT2D eigenvalue weighted by Gasteiger charge is -2.15. The molecule has 1 heterocycles. The highest BCUT2D eigenvalue weighted by Gasteiger charge is 2.12. The van der Waals surface area contributed by atoms with E-state index in [0.29, 0.717) is 18.0 Å². The summed E-state index contributed by atoms with van der Waals surface area (Å²) in [5.41, 5.74) is 1.58. The summed E-state index contributed by atoms with van der Waals surface area (Å²) >= 11 is 0. The summed E-state index contributed by atoms with van der Waals surface area (Å²) in [5, 5.41) is 3.32. The molecule has 0 amide bonds. The van der Waals surface area contributed by atoms with Crippen LogP contribution in [0, 0.1) is 11.7 Å². The van der Waals surface area contributed by atoms with E-state index in [1.165, 1.54) is 6.07 Å². The summed E-state index contributed by atoms with van der Waals surface area (Å²) in [6.07, 6.45) is 5.60. The Hall–Kier alpha value is -1.68. The smallest absolute Gasteiger partial charge is 0.129 e. The minimum Gasteiger partial charge on any atom is -0.312 e. The Balaban J connectivity index is 2.30. The standard InChI is InChI=1S/C17H24FN3/c1-4-6-17-20-9-10-21(17)16-8-5-7-15(18)14(16)12-19-11-13(2)3/h5,7-10,13,19H,4,6,11-12H2,1-3H3. The van der Waals surface area contributed by atoms with E-state index in [-0.39, 0.29) is 5.82 Å². The maximum Gasteiger partial charge on any atom is 0.129 e. The van der Waals surface area contributed by atoms with Crippen LogP contribution in [-0.4, -0.2) is 16.1 Å². The molecule has 0 aliphatic heterocycles. The fourth-order valence-electron chi connectivity index (χ4n) is 2.40. The maximum absolute atomic E-state index is 14.2. The zero-order chi connectivity index (χ0) is 15.2. The Labute approximate surface area is 126 Å². The van der Waals surface area contributed by atoms with Crippen molar-refractivity contribution < 1.29 is 4.39 Å². The molecule has 4 heteroatoms. The molecule has 2 rings (SSSR count). The zero-order valence-electron chi connectivity index (χ0n) is 13.1. The number of nitrogens with zero attached hydrogens (tertiary/aromatic N) is 2. The van der Waals surface area contributed by atoms with Crippen molar-refractivity contribution in [3.8, 4) is 5.69 Å². The van der Waals surface area contributed by atoms with Gasteiger partial charge < -0.3 is 9.88 Å². The number of aryl methyl sites for hydroxylation is 1. The third-order valence-corrected chi connectivity index (χ3v) is 3.40. The van der Waals surface area contributed by atoms with Crippen molar-refractivity contribution in [3.05, 3.63) is 47.8 Å². The first-order valence-electron chi connectivity index (χ1n) is 7.64. The number of halogens is 1. The van der Waals surface area contributed by atoms with Crippen LogP contribution in [0.2, 0.25) is 0 Å². The van der Waals surface area contributed by atoms with Crippen molar-refractivity contribution in [2.75, 3.05) is 6.54 Å². The second-order valence-corrected chi connectivity index (χ2v) is 5.73. The number of benzene rings is 1. The number of nitrogens with one attached hydrogen (secondary N) is 1. The Kier molecular flexibility index (Phi) is 5.51. The Morgan fingerprint density at radius 1 is 1.33 bits per heavy atom. The van der Waals surface area contributed by atoms with Gasteiger partial charge in [-0.2, -0.15) is 0 Å². The van der Waals surface area contributed by atoms with Gasteiger partial charge in [0.1, 0.15) is 11.6 Å². The van der Waals surface area contributed by atoms with Crippen LogP contribution in [0.25, 0.3) is 5.69 Å². The Bertz CT molecular complexity index is 575. The highest BCUT2D eigenvalue weighted by atomic mass is 19.1. The zero-order valence-corrected chi connectivity index (χ0v) is 13.1. The first-order valence-corrected chi connectivity index (χ1v) is 7.64. The largest absolute Gasteiger partial charge is 0.312 e. The van der Waals surface area contributed by atoms with Crippen molar-refractivity contribution >= 4 is 0 Å². The predicted molar refractivity (Wildman–Crippen MR) is 84.1 cm³/mol. The lowest BCUT2D eigenvalue weighted by Crippen LogP contribution is -2.21. The molecule has 0 aliphatic rings. The van der Waals surface area contributed by atoms with Gasteiger partial charge in [-0.1, -0.05) is 26.8 Å². The Morgan fingerprint density at radius 3 is 2.86 bits per heavy atom. The van der Waals surface area contributed by atoms with E-state index < -0.39 is 0 Å². The normalized spacial score (nSPS) is 11.3. The molecule has 0 fully saturated rings. The molecule has 3 nitrogen and oxygen atoms in total. The summed E-state index contributed by atoms with van der Waals surface area (Å²) in [6.45, 7) is 7.81. The topological polar surface area (TPSA) is 29.9 Å². The van der Waals surface area contributed by atoms with Crippen molar-refractivity contribution in [1.29, 1.82) is 0 Å². The fourth-order valence-corrected chi connectivity index (χ4v) is 2.40. The molecule has 114 valence electrons. The van der Waals surface area contributed by atoms with Crippen LogP contribution in [0.1, 0.15) is 38.6 Å². The molecule has 1 aromatic carbocycles. The lowest BCUT2D eigenvalue weighted by molar-refractivity contribution is 0.533. The average Bonchev–Trinajstić information content (AvgIpc) is 2.89. The average molecular weight is 289 g/mol. The first kappa shape index (κ1) is 15.7. The van der Waals surface area contributed by atoms with E-state index in [1.54, 1.807) is 12.3 Å². The monoisotopic (exact) mass is 289 g/mol. The van der Waals surface area contributed by atoms with Crippen molar-refractivity contribution in [2.24, 2.45) is 5.92 Å². The molecule has 0 atom stereocenters. The van der Waals surface area contributed by atoms with Gasteiger partial charge in [-0.25, -0.2) is 9.37 Å². The summed E-state index contributed by atoms with van der Waals surface area (Å²) < 4.78 is 16.2. The minimum absolute atomic E-state index is 0.167. The van der Waals surface area contributed by atoms with Crippen LogP contribution in [0.5, 0.6) is 0 Å². The van der Waals surface area contributed by atoms with Gasteiger partial charge in [0.15, 0.2) is 0 Å². The molecule has 0 saturated heterocycles. The van der Waals surface area contributed by atoms with Crippen molar-refractivity contribution in [1.82, 2.24) is 14.9 Å². The molecule has 0 spiro atoms. The van der Waals surface area contributed by atoms with Gasteiger partial charge in [0.25, 0.3) is 0 Å². The van der Waals surface area contributed by atoms with E-state index in [2.05, 4.69) is 31.1 Å². The summed E-state index contributed by atoms with van der Waals surface area (Å²) in [4.78, 5) is 4.38. The van der Waals surface area contributed by atoms with Crippen LogP contribution in [-0.2, 0) is 13.0 Å². The van der Waals surface area contributed by atoms with Gasteiger partial charge >= 0.3 is 0 Å². The summed E-state index contributed by atoms with van der Waals surface area (Å²) in [5.74, 6) is 1.36.